The molecule has 1 atom stereocenters. The quantitative estimate of drug-likeness (QED) is 0.897. The number of hydrogen-bond acceptors (Lipinski definition) is 3. The molecule has 2 aromatic heterocycles. The van der Waals surface area contributed by atoms with Crippen molar-refractivity contribution in [3.05, 3.63) is 23.2 Å². The molecule has 2 aromatic rings. The Morgan fingerprint density at radius 3 is 2.76 bits per heavy atom. The first-order valence-corrected chi connectivity index (χ1v) is 6.91. The molecule has 0 fully saturated rings. The van der Waals surface area contributed by atoms with Crippen molar-refractivity contribution in [2.24, 2.45) is 0 Å². The van der Waals surface area contributed by atoms with Crippen molar-refractivity contribution < 1.29 is 0 Å². The second-order valence-corrected chi connectivity index (χ2v) is 5.46. The smallest absolute Gasteiger partial charge is 0.125 e. The topological polar surface area (TPSA) is 43.8 Å². The number of rotatable bonds is 4. The fraction of sp³-hybridized carbons (Fsp3) is 0.462. The SMILES string of the molecule is CCc1ccc(-c2nn(C(C)CC)cc2N)s1. The number of nitrogens with two attached hydrogens (primary N) is 1. The second kappa shape index (κ2) is 4.92. The Balaban J connectivity index is 2.35. The number of anilines is 1. The zero-order chi connectivity index (χ0) is 12.4. The zero-order valence-corrected chi connectivity index (χ0v) is 11.4. The summed E-state index contributed by atoms with van der Waals surface area (Å²) < 4.78 is 1.97. The van der Waals surface area contributed by atoms with Gasteiger partial charge in [0.2, 0.25) is 0 Å². The van der Waals surface area contributed by atoms with Crippen molar-refractivity contribution in [2.75, 3.05) is 5.73 Å². The van der Waals surface area contributed by atoms with Gasteiger partial charge in [-0.25, -0.2) is 0 Å². The van der Waals surface area contributed by atoms with Crippen molar-refractivity contribution in [1.82, 2.24) is 9.78 Å². The highest BCUT2D eigenvalue weighted by Gasteiger charge is 2.13. The molecule has 0 saturated heterocycles. The lowest BCUT2D eigenvalue weighted by molar-refractivity contribution is 0.479. The Kier molecular flexibility index (Phi) is 3.52. The molecule has 1 unspecified atom stereocenters. The van der Waals surface area contributed by atoms with E-state index < -0.39 is 0 Å². The minimum absolute atomic E-state index is 0.400. The molecule has 4 heteroatoms. The average molecular weight is 249 g/mol. The van der Waals surface area contributed by atoms with Gasteiger partial charge in [-0.15, -0.1) is 11.3 Å². The van der Waals surface area contributed by atoms with E-state index in [-0.39, 0.29) is 0 Å². The van der Waals surface area contributed by atoms with E-state index in [4.69, 9.17) is 5.73 Å². The summed E-state index contributed by atoms with van der Waals surface area (Å²) in [6.07, 6.45) is 4.07. The lowest BCUT2D eigenvalue weighted by atomic mass is 10.3. The lowest BCUT2D eigenvalue weighted by Crippen LogP contribution is -2.03. The van der Waals surface area contributed by atoms with E-state index in [0.717, 1.165) is 24.2 Å². The van der Waals surface area contributed by atoms with E-state index in [1.165, 1.54) is 9.75 Å². The van der Waals surface area contributed by atoms with Crippen molar-refractivity contribution in [3.8, 4) is 10.6 Å². The highest BCUT2D eigenvalue weighted by molar-refractivity contribution is 7.15. The third-order valence-corrected chi connectivity index (χ3v) is 4.28. The Hall–Kier alpha value is -1.29. The number of hydrogen-bond donors (Lipinski definition) is 1. The van der Waals surface area contributed by atoms with Gasteiger partial charge in [0.25, 0.3) is 0 Å². The van der Waals surface area contributed by atoms with Crippen LogP contribution in [0, 0.1) is 0 Å². The van der Waals surface area contributed by atoms with Gasteiger partial charge in [0.1, 0.15) is 5.69 Å². The van der Waals surface area contributed by atoms with Crippen LogP contribution in [0.1, 0.15) is 38.1 Å². The molecule has 17 heavy (non-hydrogen) atoms. The van der Waals surface area contributed by atoms with Crippen LogP contribution in [0.4, 0.5) is 5.69 Å². The van der Waals surface area contributed by atoms with Crippen LogP contribution >= 0.6 is 11.3 Å². The largest absolute Gasteiger partial charge is 0.396 e. The monoisotopic (exact) mass is 249 g/mol. The van der Waals surface area contributed by atoms with Crippen LogP contribution in [-0.2, 0) is 6.42 Å². The summed E-state index contributed by atoms with van der Waals surface area (Å²) in [6.45, 7) is 6.47. The Morgan fingerprint density at radius 2 is 2.18 bits per heavy atom. The normalized spacial score (nSPS) is 12.9. The maximum atomic E-state index is 6.04. The molecule has 3 nitrogen and oxygen atoms in total. The summed E-state index contributed by atoms with van der Waals surface area (Å²) in [5.41, 5.74) is 7.74. The molecule has 0 aliphatic carbocycles. The van der Waals surface area contributed by atoms with Crippen LogP contribution in [0.5, 0.6) is 0 Å². The van der Waals surface area contributed by atoms with Crippen molar-refractivity contribution in [1.29, 1.82) is 0 Å². The van der Waals surface area contributed by atoms with Gasteiger partial charge in [-0.2, -0.15) is 5.10 Å². The molecule has 0 bridgehead atoms. The summed E-state index contributed by atoms with van der Waals surface area (Å²) in [5, 5.41) is 4.60. The molecule has 0 spiro atoms. The molecule has 0 radical (unpaired) electrons. The molecule has 2 heterocycles. The van der Waals surface area contributed by atoms with Gasteiger partial charge in [-0.05, 0) is 31.9 Å². The number of nitrogens with zero attached hydrogens (tertiary/aromatic N) is 2. The standard InChI is InChI=1S/C13H19N3S/c1-4-9(3)16-8-11(14)13(15-16)12-7-6-10(5-2)17-12/h6-9H,4-5,14H2,1-3H3. The van der Waals surface area contributed by atoms with Gasteiger partial charge < -0.3 is 5.73 Å². The highest BCUT2D eigenvalue weighted by Crippen LogP contribution is 2.32. The van der Waals surface area contributed by atoms with Crippen LogP contribution < -0.4 is 5.73 Å². The van der Waals surface area contributed by atoms with E-state index in [9.17, 15) is 0 Å². The fourth-order valence-electron chi connectivity index (χ4n) is 1.71. The third kappa shape index (κ3) is 2.36. The summed E-state index contributed by atoms with van der Waals surface area (Å²) >= 11 is 1.78. The maximum absolute atomic E-state index is 6.04. The number of aromatic nitrogens is 2. The Labute approximate surface area is 106 Å². The van der Waals surface area contributed by atoms with Crippen LogP contribution in [0.15, 0.2) is 18.3 Å². The molecule has 0 amide bonds. The predicted molar refractivity (Wildman–Crippen MR) is 74.3 cm³/mol. The summed E-state index contributed by atoms with van der Waals surface area (Å²) in [5.74, 6) is 0. The molecule has 2 rings (SSSR count). The summed E-state index contributed by atoms with van der Waals surface area (Å²) in [6, 6.07) is 4.67. The lowest BCUT2D eigenvalue weighted by Gasteiger charge is -2.07. The van der Waals surface area contributed by atoms with Gasteiger partial charge in [-0.3, -0.25) is 4.68 Å². The summed E-state index contributed by atoms with van der Waals surface area (Å²) in [4.78, 5) is 2.54. The first-order valence-electron chi connectivity index (χ1n) is 6.09. The van der Waals surface area contributed by atoms with Crippen molar-refractivity contribution in [2.45, 2.75) is 39.7 Å². The predicted octanol–water partition coefficient (Wildman–Crippen LogP) is 3.73. The van der Waals surface area contributed by atoms with Crippen LogP contribution in [0.3, 0.4) is 0 Å². The Morgan fingerprint density at radius 1 is 1.41 bits per heavy atom. The van der Waals surface area contributed by atoms with E-state index in [1.54, 1.807) is 11.3 Å². The Bertz CT molecular complexity index is 498. The van der Waals surface area contributed by atoms with Gasteiger partial charge in [0.15, 0.2) is 0 Å². The van der Waals surface area contributed by atoms with Crippen LogP contribution in [-0.4, -0.2) is 9.78 Å². The zero-order valence-electron chi connectivity index (χ0n) is 10.6. The molecular weight excluding hydrogens is 230 g/mol. The average Bonchev–Trinajstić information content (AvgIpc) is 2.93. The van der Waals surface area contributed by atoms with Gasteiger partial charge in [-0.1, -0.05) is 13.8 Å². The molecule has 0 saturated carbocycles. The van der Waals surface area contributed by atoms with E-state index in [0.29, 0.717) is 6.04 Å². The summed E-state index contributed by atoms with van der Waals surface area (Å²) in [7, 11) is 0. The van der Waals surface area contributed by atoms with E-state index in [1.807, 2.05) is 10.9 Å². The molecule has 0 aromatic carbocycles. The van der Waals surface area contributed by atoms with Crippen LogP contribution in [0.25, 0.3) is 10.6 Å². The molecular formula is C13H19N3S. The van der Waals surface area contributed by atoms with Crippen molar-refractivity contribution in [3.63, 3.8) is 0 Å². The molecule has 92 valence electrons. The minimum Gasteiger partial charge on any atom is -0.396 e. The maximum Gasteiger partial charge on any atom is 0.125 e. The van der Waals surface area contributed by atoms with Crippen molar-refractivity contribution >= 4 is 17.0 Å². The number of nitrogen functional groups attached to an aromatic ring is 1. The molecule has 0 aliphatic heterocycles. The third-order valence-electron chi connectivity index (χ3n) is 3.05. The second-order valence-electron chi connectivity index (χ2n) is 4.29. The van der Waals surface area contributed by atoms with Gasteiger partial charge in [0, 0.05) is 17.1 Å². The first-order chi connectivity index (χ1) is 8.15. The van der Waals surface area contributed by atoms with Crippen LogP contribution in [0.2, 0.25) is 0 Å². The van der Waals surface area contributed by atoms with Gasteiger partial charge >= 0.3 is 0 Å². The van der Waals surface area contributed by atoms with E-state index in [2.05, 4.69) is 38.0 Å². The minimum atomic E-state index is 0.400. The fourth-order valence-corrected chi connectivity index (χ4v) is 2.66. The number of thiophene rings is 1. The molecule has 0 aliphatic rings. The van der Waals surface area contributed by atoms with Gasteiger partial charge in [0.05, 0.1) is 10.6 Å². The first kappa shape index (κ1) is 12.2. The molecule has 2 N–H and O–H groups in total. The van der Waals surface area contributed by atoms with E-state index >= 15 is 0 Å². The number of aryl methyl sites for hydroxylation is 1. The highest BCUT2D eigenvalue weighted by atomic mass is 32.1.